The van der Waals surface area contributed by atoms with Gasteiger partial charge in [0.05, 0.1) is 6.04 Å². The number of amides is 4. The molecule has 0 aliphatic carbocycles. The number of rotatable bonds is 18. The van der Waals surface area contributed by atoms with Crippen LogP contribution in [-0.4, -0.2) is 64.9 Å². The van der Waals surface area contributed by atoms with Crippen LogP contribution >= 0.6 is 0 Å². The molecule has 11 heteroatoms. The molecule has 7 atom stereocenters. The minimum atomic E-state index is -1.15. The van der Waals surface area contributed by atoms with Gasteiger partial charge in [0.25, 0.3) is 0 Å². The monoisotopic (exact) mass is 603 g/mol. The molecule has 0 fully saturated rings. The molecule has 0 spiro atoms. The molecule has 1 rings (SSSR count). The lowest BCUT2D eigenvalue weighted by atomic mass is 9.94. The summed E-state index contributed by atoms with van der Waals surface area (Å²) in [4.78, 5) is 65.0. The molecule has 0 aromatic heterocycles. The second-order valence-corrected chi connectivity index (χ2v) is 12.3. The van der Waals surface area contributed by atoms with Gasteiger partial charge in [-0.15, -0.1) is 0 Å². The van der Waals surface area contributed by atoms with Crippen LogP contribution in [0.25, 0.3) is 0 Å². The van der Waals surface area contributed by atoms with Crippen molar-refractivity contribution in [2.75, 3.05) is 0 Å². The van der Waals surface area contributed by atoms with Crippen LogP contribution in [0.3, 0.4) is 0 Å². The van der Waals surface area contributed by atoms with E-state index in [0.717, 1.165) is 5.56 Å². The second-order valence-electron chi connectivity index (χ2n) is 12.3. The molecule has 0 aliphatic rings. The number of carboxylic acids is 1. The van der Waals surface area contributed by atoms with E-state index in [1.807, 2.05) is 65.0 Å². The van der Waals surface area contributed by atoms with Gasteiger partial charge in [-0.1, -0.05) is 98.6 Å². The first-order valence-electron chi connectivity index (χ1n) is 15.4. The third-order valence-electron chi connectivity index (χ3n) is 7.79. The first-order chi connectivity index (χ1) is 20.1. The van der Waals surface area contributed by atoms with E-state index in [-0.39, 0.29) is 23.7 Å². The Labute approximate surface area is 256 Å². The van der Waals surface area contributed by atoms with Crippen LogP contribution in [0.15, 0.2) is 30.3 Å². The van der Waals surface area contributed by atoms with Crippen molar-refractivity contribution >= 4 is 29.6 Å². The highest BCUT2D eigenvalue weighted by Crippen LogP contribution is 2.14. The number of benzene rings is 1. The molecule has 0 saturated heterocycles. The van der Waals surface area contributed by atoms with Gasteiger partial charge in [0.2, 0.25) is 23.6 Å². The number of hydrogen-bond donors (Lipinski definition) is 6. The van der Waals surface area contributed by atoms with Gasteiger partial charge in [-0.3, -0.25) is 19.2 Å². The topological polar surface area (TPSA) is 180 Å². The maximum Gasteiger partial charge on any atom is 0.326 e. The summed E-state index contributed by atoms with van der Waals surface area (Å²) in [5.74, 6) is -4.24. The standard InChI is InChI=1S/C32H53N5O6/c1-9-20(7)26(31(41)35-25(19(5)6)30(40)37-27(32(42)43)21(8)10-2)36-29(39)24(16-18(3)4)34-28(38)23(33)17-22-14-12-11-13-15-22/h11-15,18-21,23-27H,9-10,16-17,33H2,1-8H3,(H,34,38)(H,35,41)(H,36,39)(H,37,40)(H,42,43)/t20-,21-,23-,24-,25-,26-,27-/m0/s1. The Balaban J connectivity index is 3.10. The zero-order valence-electron chi connectivity index (χ0n) is 27.0. The minimum Gasteiger partial charge on any atom is -0.480 e. The van der Waals surface area contributed by atoms with Crippen LogP contribution < -0.4 is 27.0 Å². The largest absolute Gasteiger partial charge is 0.480 e. The number of nitrogens with one attached hydrogen (secondary N) is 4. The fourth-order valence-electron chi connectivity index (χ4n) is 4.60. The van der Waals surface area contributed by atoms with E-state index < -0.39 is 59.8 Å². The summed E-state index contributed by atoms with van der Waals surface area (Å²) in [6.07, 6.45) is 1.73. The summed E-state index contributed by atoms with van der Waals surface area (Å²) in [6, 6.07) is 4.42. The smallest absolute Gasteiger partial charge is 0.326 e. The van der Waals surface area contributed by atoms with Gasteiger partial charge in [-0.05, 0) is 42.1 Å². The number of carbonyl (C=O) groups is 5. The lowest BCUT2D eigenvalue weighted by Crippen LogP contribution is -2.61. The molecule has 1 aromatic carbocycles. The zero-order chi connectivity index (χ0) is 32.9. The molecule has 0 aliphatic heterocycles. The van der Waals surface area contributed by atoms with Crippen molar-refractivity contribution in [1.82, 2.24) is 21.3 Å². The predicted molar refractivity (Wildman–Crippen MR) is 167 cm³/mol. The van der Waals surface area contributed by atoms with Crippen molar-refractivity contribution < 1.29 is 29.1 Å². The van der Waals surface area contributed by atoms with E-state index in [9.17, 15) is 29.1 Å². The van der Waals surface area contributed by atoms with Crippen molar-refractivity contribution in [3.8, 4) is 0 Å². The van der Waals surface area contributed by atoms with Crippen molar-refractivity contribution in [3.63, 3.8) is 0 Å². The number of carboxylic acid groups (broad SMARTS) is 1. The van der Waals surface area contributed by atoms with Gasteiger partial charge in [0.15, 0.2) is 0 Å². The highest BCUT2D eigenvalue weighted by Gasteiger charge is 2.35. The third kappa shape index (κ3) is 12.3. The average Bonchev–Trinajstić information content (AvgIpc) is 2.95. The highest BCUT2D eigenvalue weighted by molar-refractivity contribution is 5.95. The van der Waals surface area contributed by atoms with Gasteiger partial charge in [-0.25, -0.2) is 4.79 Å². The van der Waals surface area contributed by atoms with E-state index in [0.29, 0.717) is 25.7 Å². The minimum absolute atomic E-state index is 0.0546. The van der Waals surface area contributed by atoms with Crippen molar-refractivity contribution in [1.29, 1.82) is 0 Å². The first kappa shape index (κ1) is 37.6. The van der Waals surface area contributed by atoms with Crippen LogP contribution in [0.1, 0.15) is 80.2 Å². The Morgan fingerprint density at radius 1 is 0.698 bits per heavy atom. The molecule has 7 N–H and O–H groups in total. The molecular weight excluding hydrogens is 550 g/mol. The highest BCUT2D eigenvalue weighted by atomic mass is 16.4. The van der Waals surface area contributed by atoms with E-state index in [1.165, 1.54) is 0 Å². The maximum absolute atomic E-state index is 13.6. The lowest BCUT2D eigenvalue weighted by Gasteiger charge is -2.31. The third-order valence-corrected chi connectivity index (χ3v) is 7.79. The quantitative estimate of drug-likeness (QED) is 0.149. The summed E-state index contributed by atoms with van der Waals surface area (Å²) in [6.45, 7) is 14.6. The molecule has 0 unspecified atom stereocenters. The molecule has 11 nitrogen and oxygen atoms in total. The SMILES string of the molecule is CC[C@H](C)[C@H](NC(=O)[C@@H](NC(=O)[C@@H](NC(=O)[C@H](CC(C)C)NC(=O)[C@@H](N)Cc1ccccc1)[C@@H](C)CC)C(C)C)C(=O)O. The van der Waals surface area contributed by atoms with Crippen molar-refractivity contribution in [2.24, 2.45) is 29.4 Å². The molecule has 0 radical (unpaired) electrons. The van der Waals surface area contributed by atoms with Gasteiger partial charge in [0.1, 0.15) is 24.2 Å². The van der Waals surface area contributed by atoms with Gasteiger partial charge < -0.3 is 32.1 Å². The molecule has 0 heterocycles. The van der Waals surface area contributed by atoms with Crippen LogP contribution in [-0.2, 0) is 30.4 Å². The summed E-state index contributed by atoms with van der Waals surface area (Å²) >= 11 is 0. The number of nitrogens with two attached hydrogens (primary N) is 1. The molecule has 4 amide bonds. The maximum atomic E-state index is 13.6. The Morgan fingerprint density at radius 2 is 1.19 bits per heavy atom. The van der Waals surface area contributed by atoms with E-state index in [4.69, 9.17) is 5.73 Å². The fourth-order valence-corrected chi connectivity index (χ4v) is 4.60. The summed E-state index contributed by atoms with van der Waals surface area (Å²) in [5, 5.41) is 20.5. The van der Waals surface area contributed by atoms with Crippen LogP contribution in [0.5, 0.6) is 0 Å². The Kier molecular flexibility index (Phi) is 15.9. The van der Waals surface area contributed by atoms with E-state index in [1.54, 1.807) is 20.8 Å². The number of hydrogen-bond acceptors (Lipinski definition) is 6. The van der Waals surface area contributed by atoms with Gasteiger partial charge in [-0.2, -0.15) is 0 Å². The normalized spacial score (nSPS) is 16.3. The lowest BCUT2D eigenvalue weighted by molar-refractivity contribution is -0.144. The van der Waals surface area contributed by atoms with Crippen LogP contribution in [0.2, 0.25) is 0 Å². The number of carbonyl (C=O) groups excluding carboxylic acids is 4. The Morgan fingerprint density at radius 3 is 1.67 bits per heavy atom. The Hall–Kier alpha value is -3.47. The van der Waals surface area contributed by atoms with Crippen LogP contribution in [0.4, 0.5) is 0 Å². The Bertz CT molecular complexity index is 1060. The van der Waals surface area contributed by atoms with Crippen molar-refractivity contribution in [2.45, 2.75) is 111 Å². The zero-order valence-corrected chi connectivity index (χ0v) is 27.0. The average molecular weight is 604 g/mol. The molecule has 0 saturated carbocycles. The molecule has 242 valence electrons. The second kappa shape index (κ2) is 18.3. The summed E-state index contributed by atoms with van der Waals surface area (Å²) < 4.78 is 0. The number of aliphatic carboxylic acids is 1. The first-order valence-corrected chi connectivity index (χ1v) is 15.4. The van der Waals surface area contributed by atoms with Gasteiger partial charge >= 0.3 is 5.97 Å². The van der Waals surface area contributed by atoms with Crippen molar-refractivity contribution in [3.05, 3.63) is 35.9 Å². The molecular formula is C32H53N5O6. The van der Waals surface area contributed by atoms with Gasteiger partial charge in [0, 0.05) is 0 Å². The predicted octanol–water partition coefficient (Wildman–Crippen LogP) is 2.37. The van der Waals surface area contributed by atoms with E-state index in [2.05, 4.69) is 21.3 Å². The summed E-state index contributed by atoms with van der Waals surface area (Å²) in [5.41, 5.74) is 7.05. The van der Waals surface area contributed by atoms with Crippen LogP contribution in [0, 0.1) is 23.7 Å². The molecule has 43 heavy (non-hydrogen) atoms. The molecule has 0 bridgehead atoms. The summed E-state index contributed by atoms with van der Waals surface area (Å²) in [7, 11) is 0. The fraction of sp³-hybridized carbons (Fsp3) is 0.656. The molecule has 1 aromatic rings. The van der Waals surface area contributed by atoms with E-state index >= 15 is 0 Å².